The lowest BCUT2D eigenvalue weighted by molar-refractivity contribution is -0.143. The molecule has 1 aliphatic rings. The molecule has 0 N–H and O–H groups in total. The maximum Gasteiger partial charge on any atom is 0.433 e. The Morgan fingerprint density at radius 2 is 2.07 bits per heavy atom. The normalized spacial score (nSPS) is 18.3. The van der Waals surface area contributed by atoms with Gasteiger partial charge in [0.15, 0.2) is 0 Å². The zero-order chi connectivity index (χ0) is 10.3. The van der Waals surface area contributed by atoms with Gasteiger partial charge in [0.2, 0.25) is 0 Å². The van der Waals surface area contributed by atoms with Crippen LogP contribution < -0.4 is 0 Å². The summed E-state index contributed by atoms with van der Waals surface area (Å²) in [4.78, 5) is 3.77. The molecule has 0 fully saturated rings. The Bertz CT molecular complexity index is 346. The first-order chi connectivity index (χ1) is 6.48. The average Bonchev–Trinajstić information content (AvgIpc) is 2.45. The van der Waals surface area contributed by atoms with Gasteiger partial charge >= 0.3 is 6.18 Å². The van der Waals surface area contributed by atoms with E-state index in [2.05, 4.69) is 27.8 Å². The molecular formula is C7H7F3IN3. The Kier molecular flexibility index (Phi) is 2.46. The third-order valence-corrected chi connectivity index (χ3v) is 2.93. The molecule has 0 unspecified atom stereocenters. The van der Waals surface area contributed by atoms with E-state index >= 15 is 0 Å². The molecule has 0 amide bonds. The molecule has 1 aromatic rings. The van der Waals surface area contributed by atoms with Crippen molar-refractivity contribution >= 4 is 22.9 Å². The molecule has 2 rings (SSSR count). The summed E-state index contributed by atoms with van der Waals surface area (Å²) >= 11 is 2.08. The molecule has 0 bridgehead atoms. The predicted molar refractivity (Wildman–Crippen MR) is 51.7 cm³/mol. The number of alkyl halides is 3. The SMILES string of the molecule is FC(F)(F)c1cnc2n1CCN(I)C2. The molecule has 0 saturated carbocycles. The molecule has 2 heterocycles. The molecule has 0 spiro atoms. The summed E-state index contributed by atoms with van der Waals surface area (Å²) < 4.78 is 40.5. The van der Waals surface area contributed by atoms with Crippen LogP contribution in [0.4, 0.5) is 13.2 Å². The van der Waals surface area contributed by atoms with Gasteiger partial charge in [0.1, 0.15) is 11.5 Å². The van der Waals surface area contributed by atoms with E-state index < -0.39 is 11.9 Å². The van der Waals surface area contributed by atoms with Crippen molar-refractivity contribution in [2.75, 3.05) is 6.54 Å². The maximum absolute atomic E-state index is 12.4. The van der Waals surface area contributed by atoms with Gasteiger partial charge in [-0.15, -0.1) is 0 Å². The van der Waals surface area contributed by atoms with Crippen LogP contribution >= 0.6 is 22.9 Å². The van der Waals surface area contributed by atoms with E-state index in [1.165, 1.54) is 4.57 Å². The van der Waals surface area contributed by atoms with Crippen LogP contribution in [0.5, 0.6) is 0 Å². The minimum Gasteiger partial charge on any atom is -0.322 e. The van der Waals surface area contributed by atoms with E-state index in [9.17, 15) is 13.2 Å². The number of imidazole rings is 1. The van der Waals surface area contributed by atoms with Crippen LogP contribution in [0.2, 0.25) is 0 Å². The fourth-order valence-electron chi connectivity index (χ4n) is 1.46. The molecule has 0 aliphatic carbocycles. The molecule has 0 radical (unpaired) electrons. The van der Waals surface area contributed by atoms with Crippen molar-refractivity contribution < 1.29 is 13.2 Å². The molecular weight excluding hydrogens is 310 g/mol. The van der Waals surface area contributed by atoms with Gasteiger partial charge in [0.05, 0.1) is 12.7 Å². The Hall–Kier alpha value is -0.310. The summed E-state index contributed by atoms with van der Waals surface area (Å²) in [5.41, 5.74) is -0.642. The Morgan fingerprint density at radius 1 is 1.36 bits per heavy atom. The Labute approximate surface area is 92.4 Å². The largest absolute Gasteiger partial charge is 0.433 e. The van der Waals surface area contributed by atoms with Crippen molar-refractivity contribution in [3.8, 4) is 0 Å². The highest BCUT2D eigenvalue weighted by Gasteiger charge is 2.36. The van der Waals surface area contributed by atoms with Crippen LogP contribution in [0.3, 0.4) is 0 Å². The lowest BCUT2D eigenvalue weighted by Crippen LogP contribution is -2.29. The lowest BCUT2D eigenvalue weighted by atomic mass is 10.4. The summed E-state index contributed by atoms with van der Waals surface area (Å²) in [6.45, 7) is 1.44. The van der Waals surface area contributed by atoms with Crippen molar-refractivity contribution in [2.45, 2.75) is 19.3 Å². The van der Waals surface area contributed by atoms with Gasteiger partial charge in [-0.05, 0) is 0 Å². The molecule has 1 aliphatic heterocycles. The van der Waals surface area contributed by atoms with Crippen molar-refractivity contribution in [1.29, 1.82) is 0 Å². The number of aromatic nitrogens is 2. The standard InChI is InChI=1S/C7H7F3IN3/c8-7(9,10)5-3-12-6-4-13(11)1-2-14(5)6/h3H,1-2,4H2. The summed E-state index contributed by atoms with van der Waals surface area (Å²) in [5, 5.41) is 0. The van der Waals surface area contributed by atoms with Crippen molar-refractivity contribution in [1.82, 2.24) is 12.7 Å². The Balaban J connectivity index is 2.38. The van der Waals surface area contributed by atoms with E-state index in [0.717, 1.165) is 6.20 Å². The summed E-state index contributed by atoms with van der Waals surface area (Å²) in [6.07, 6.45) is -3.39. The van der Waals surface area contributed by atoms with Crippen LogP contribution in [-0.4, -0.2) is 19.2 Å². The highest BCUT2D eigenvalue weighted by Crippen LogP contribution is 2.31. The van der Waals surface area contributed by atoms with Crippen molar-refractivity contribution in [3.63, 3.8) is 0 Å². The van der Waals surface area contributed by atoms with Gasteiger partial charge in [-0.3, -0.25) is 0 Å². The minimum absolute atomic E-state index is 0.354. The number of fused-ring (bicyclic) bond motifs is 1. The predicted octanol–water partition coefficient (Wildman–Crippen LogP) is 2.07. The van der Waals surface area contributed by atoms with E-state index in [-0.39, 0.29) is 0 Å². The van der Waals surface area contributed by atoms with Gasteiger partial charge in [0.25, 0.3) is 0 Å². The summed E-state index contributed by atoms with van der Waals surface area (Å²) in [5.74, 6) is 0.484. The third-order valence-electron chi connectivity index (χ3n) is 2.11. The first-order valence-electron chi connectivity index (χ1n) is 4.01. The van der Waals surface area contributed by atoms with Gasteiger partial charge in [-0.25, -0.2) is 8.10 Å². The average molecular weight is 317 g/mol. The van der Waals surface area contributed by atoms with E-state index in [4.69, 9.17) is 0 Å². The van der Waals surface area contributed by atoms with Gasteiger partial charge in [-0.1, -0.05) is 0 Å². The number of halogens is 4. The monoisotopic (exact) mass is 317 g/mol. The second kappa shape index (κ2) is 3.37. The smallest absolute Gasteiger partial charge is 0.322 e. The molecule has 78 valence electrons. The van der Waals surface area contributed by atoms with Gasteiger partial charge < -0.3 is 4.57 Å². The van der Waals surface area contributed by atoms with E-state index in [1.807, 2.05) is 3.11 Å². The summed E-state index contributed by atoms with van der Waals surface area (Å²) in [6, 6.07) is 0. The number of hydrogen-bond donors (Lipinski definition) is 0. The second-order valence-electron chi connectivity index (χ2n) is 3.05. The van der Waals surface area contributed by atoms with Crippen LogP contribution in [0.25, 0.3) is 0 Å². The number of hydrogen-bond acceptors (Lipinski definition) is 2. The van der Waals surface area contributed by atoms with Gasteiger partial charge in [0, 0.05) is 36.0 Å². The van der Waals surface area contributed by atoms with Crippen molar-refractivity contribution in [3.05, 3.63) is 17.7 Å². The first kappa shape index (κ1) is 10.2. The van der Waals surface area contributed by atoms with Crippen LogP contribution in [0.1, 0.15) is 11.5 Å². The minimum atomic E-state index is -4.29. The summed E-state index contributed by atoms with van der Waals surface area (Å²) in [7, 11) is 0. The molecule has 14 heavy (non-hydrogen) atoms. The molecule has 0 atom stereocenters. The van der Waals surface area contributed by atoms with Gasteiger partial charge in [-0.2, -0.15) is 13.2 Å². The number of rotatable bonds is 0. The third kappa shape index (κ3) is 1.74. The zero-order valence-corrected chi connectivity index (χ0v) is 9.21. The molecule has 0 aromatic carbocycles. The lowest BCUT2D eigenvalue weighted by Gasteiger charge is -2.23. The molecule has 3 nitrogen and oxygen atoms in total. The molecule has 1 aromatic heterocycles. The van der Waals surface area contributed by atoms with E-state index in [1.54, 1.807) is 0 Å². The highest BCUT2D eigenvalue weighted by atomic mass is 127. The Morgan fingerprint density at radius 3 is 2.71 bits per heavy atom. The highest BCUT2D eigenvalue weighted by molar-refractivity contribution is 14.1. The fraction of sp³-hybridized carbons (Fsp3) is 0.571. The van der Waals surface area contributed by atoms with E-state index in [0.29, 0.717) is 25.5 Å². The second-order valence-corrected chi connectivity index (χ2v) is 4.42. The topological polar surface area (TPSA) is 21.1 Å². The zero-order valence-electron chi connectivity index (χ0n) is 7.05. The van der Waals surface area contributed by atoms with Crippen LogP contribution in [0.15, 0.2) is 6.20 Å². The van der Waals surface area contributed by atoms with Crippen LogP contribution in [0, 0.1) is 0 Å². The maximum atomic E-state index is 12.4. The first-order valence-corrected chi connectivity index (χ1v) is 4.97. The molecule has 0 saturated heterocycles. The fourth-order valence-corrected chi connectivity index (χ4v) is 1.98. The van der Waals surface area contributed by atoms with Crippen LogP contribution in [-0.2, 0) is 19.3 Å². The molecule has 7 heteroatoms. The number of nitrogens with zero attached hydrogens (tertiary/aromatic N) is 3. The van der Waals surface area contributed by atoms with Crippen molar-refractivity contribution in [2.24, 2.45) is 0 Å². The quantitative estimate of drug-likeness (QED) is 0.540.